The SMILES string of the molecule is CCCCCCCCCCC(CNC(=O)c1ccc2c(c1)C1(OC2=O)c2ccc(O)cc2Oc2cc(O)ccc21)C(=O)On1c(O)ccc1O. The monoisotopic (exact) mass is 684 g/mol. The number of carbonyl (C=O) groups excluding carboxylic acids is 3. The summed E-state index contributed by atoms with van der Waals surface area (Å²) in [6.07, 6.45) is 8.88. The number of unbranched alkanes of at least 4 members (excludes halogenated alkanes) is 7. The van der Waals surface area contributed by atoms with Crippen LogP contribution in [0, 0.1) is 5.92 Å². The predicted molar refractivity (Wildman–Crippen MR) is 180 cm³/mol. The maximum absolute atomic E-state index is 13.7. The summed E-state index contributed by atoms with van der Waals surface area (Å²) in [6, 6.07) is 15.7. The predicted octanol–water partition coefficient (Wildman–Crippen LogP) is 6.41. The Labute approximate surface area is 288 Å². The van der Waals surface area contributed by atoms with E-state index in [0.717, 1.165) is 25.7 Å². The van der Waals surface area contributed by atoms with Crippen LogP contribution in [0.25, 0.3) is 0 Å². The summed E-state index contributed by atoms with van der Waals surface area (Å²) in [7, 11) is 0. The molecule has 0 radical (unpaired) electrons. The van der Waals surface area contributed by atoms with E-state index in [1.165, 1.54) is 67.8 Å². The van der Waals surface area contributed by atoms with Gasteiger partial charge in [0.05, 0.1) is 11.5 Å². The molecule has 0 bridgehead atoms. The number of rotatable bonds is 14. The molecule has 6 rings (SSSR count). The quantitative estimate of drug-likeness (QED) is 0.0737. The number of fused-ring (bicyclic) bond motifs is 6. The fourth-order valence-corrected chi connectivity index (χ4v) is 6.65. The molecule has 1 spiro atoms. The summed E-state index contributed by atoms with van der Waals surface area (Å²) in [6.45, 7) is 2.08. The number of phenols is 2. The lowest BCUT2D eigenvalue weighted by molar-refractivity contribution is -0.150. The third kappa shape index (κ3) is 6.65. The fourth-order valence-electron chi connectivity index (χ4n) is 6.65. The number of aromatic nitrogens is 1. The molecule has 1 amide bonds. The van der Waals surface area contributed by atoms with Gasteiger partial charge in [0.15, 0.2) is 5.60 Å². The van der Waals surface area contributed by atoms with Crippen LogP contribution in [0.5, 0.6) is 34.8 Å². The summed E-state index contributed by atoms with van der Waals surface area (Å²) in [4.78, 5) is 45.5. The lowest BCUT2D eigenvalue weighted by Crippen LogP contribution is -2.37. The number of hydrogen-bond donors (Lipinski definition) is 5. The van der Waals surface area contributed by atoms with Crippen molar-refractivity contribution in [3.05, 3.63) is 94.5 Å². The number of esters is 1. The van der Waals surface area contributed by atoms with Crippen LogP contribution in [0.3, 0.4) is 0 Å². The molecule has 2 aliphatic heterocycles. The molecule has 12 heteroatoms. The largest absolute Gasteiger partial charge is 0.508 e. The summed E-state index contributed by atoms with van der Waals surface area (Å²) in [5.41, 5.74) is 0.0744. The van der Waals surface area contributed by atoms with E-state index in [4.69, 9.17) is 14.3 Å². The Morgan fingerprint density at radius 3 is 2.00 bits per heavy atom. The first kappa shape index (κ1) is 34.2. The highest BCUT2D eigenvalue weighted by Crippen LogP contribution is 2.57. The Morgan fingerprint density at radius 1 is 0.780 bits per heavy atom. The van der Waals surface area contributed by atoms with Gasteiger partial charge in [0.2, 0.25) is 11.8 Å². The number of hydrogen-bond acceptors (Lipinski definition) is 10. The van der Waals surface area contributed by atoms with E-state index in [-0.39, 0.29) is 40.7 Å². The Bertz CT molecular complexity index is 1840. The molecule has 1 atom stereocenters. The topological polar surface area (TPSA) is 177 Å². The summed E-state index contributed by atoms with van der Waals surface area (Å²) in [5.74, 6) is -3.31. The number of nitrogens with one attached hydrogen (secondary N) is 1. The zero-order valence-corrected chi connectivity index (χ0v) is 27.7. The zero-order valence-electron chi connectivity index (χ0n) is 27.7. The van der Waals surface area contributed by atoms with Crippen molar-refractivity contribution < 1.29 is 49.1 Å². The van der Waals surface area contributed by atoms with Crippen LogP contribution in [0.2, 0.25) is 0 Å². The van der Waals surface area contributed by atoms with Crippen LogP contribution in [0.4, 0.5) is 0 Å². The maximum atomic E-state index is 13.7. The summed E-state index contributed by atoms with van der Waals surface area (Å²) < 4.78 is 12.7. The average Bonchev–Trinajstić information content (AvgIpc) is 3.57. The summed E-state index contributed by atoms with van der Waals surface area (Å²) in [5, 5.41) is 43.2. The first-order chi connectivity index (χ1) is 24.1. The molecule has 12 nitrogen and oxygen atoms in total. The van der Waals surface area contributed by atoms with Crippen molar-refractivity contribution in [2.75, 3.05) is 6.54 Å². The van der Waals surface area contributed by atoms with E-state index in [9.17, 15) is 34.8 Å². The highest BCUT2D eigenvalue weighted by molar-refractivity contribution is 6.00. The van der Waals surface area contributed by atoms with Gasteiger partial charge in [-0.2, -0.15) is 0 Å². The van der Waals surface area contributed by atoms with Crippen LogP contribution in [0.1, 0.15) is 102 Å². The number of nitrogens with zero attached hydrogens (tertiary/aromatic N) is 1. The maximum Gasteiger partial charge on any atom is 0.340 e. The lowest BCUT2D eigenvalue weighted by Gasteiger charge is -2.36. The number of benzene rings is 3. The molecule has 3 heterocycles. The molecule has 0 saturated heterocycles. The number of ether oxygens (including phenoxy) is 2. The molecule has 3 aromatic carbocycles. The zero-order chi connectivity index (χ0) is 35.4. The molecule has 0 fully saturated rings. The molecule has 50 heavy (non-hydrogen) atoms. The highest BCUT2D eigenvalue weighted by atomic mass is 16.7. The van der Waals surface area contributed by atoms with Crippen molar-refractivity contribution in [3.63, 3.8) is 0 Å². The van der Waals surface area contributed by atoms with Gasteiger partial charge in [-0.1, -0.05) is 58.3 Å². The van der Waals surface area contributed by atoms with Gasteiger partial charge < -0.3 is 40.1 Å². The second-order valence-corrected chi connectivity index (χ2v) is 12.7. The van der Waals surface area contributed by atoms with Crippen molar-refractivity contribution in [1.82, 2.24) is 10.0 Å². The van der Waals surface area contributed by atoms with Gasteiger partial charge in [-0.15, -0.1) is 4.73 Å². The van der Waals surface area contributed by atoms with Gasteiger partial charge in [0.25, 0.3) is 5.91 Å². The van der Waals surface area contributed by atoms with Gasteiger partial charge >= 0.3 is 11.9 Å². The molecule has 1 aromatic heterocycles. The third-order valence-corrected chi connectivity index (χ3v) is 9.26. The number of phenolic OH excluding ortho intramolecular Hbond substituents is 2. The first-order valence-electron chi connectivity index (χ1n) is 16.9. The molecule has 2 aliphatic rings. The van der Waals surface area contributed by atoms with Crippen molar-refractivity contribution >= 4 is 17.8 Å². The minimum Gasteiger partial charge on any atom is -0.508 e. The molecule has 0 aliphatic carbocycles. The van der Waals surface area contributed by atoms with Crippen molar-refractivity contribution in [1.29, 1.82) is 0 Å². The molecule has 1 unspecified atom stereocenters. The normalized spacial score (nSPS) is 14.2. The number of carbonyl (C=O) groups is 3. The van der Waals surface area contributed by atoms with Crippen molar-refractivity contribution in [2.45, 2.75) is 70.3 Å². The molecular formula is C38H40N2O10. The average molecular weight is 685 g/mol. The van der Waals surface area contributed by atoms with Gasteiger partial charge in [0, 0.05) is 53.1 Å². The number of aromatic hydroxyl groups is 4. The second-order valence-electron chi connectivity index (χ2n) is 12.7. The van der Waals surface area contributed by atoms with E-state index >= 15 is 0 Å². The van der Waals surface area contributed by atoms with Crippen LogP contribution in [-0.4, -0.2) is 49.5 Å². The van der Waals surface area contributed by atoms with E-state index in [1.807, 2.05) is 0 Å². The second kappa shape index (κ2) is 14.5. The van der Waals surface area contributed by atoms with Crippen LogP contribution >= 0.6 is 0 Å². The van der Waals surface area contributed by atoms with E-state index in [2.05, 4.69) is 12.2 Å². The molecule has 262 valence electrons. The first-order valence-corrected chi connectivity index (χ1v) is 16.9. The molecule has 4 aromatic rings. The van der Waals surface area contributed by atoms with Gasteiger partial charge in [-0.05, 0) is 48.9 Å². The van der Waals surface area contributed by atoms with Crippen molar-refractivity contribution in [3.8, 4) is 34.8 Å². The van der Waals surface area contributed by atoms with Gasteiger partial charge in [-0.3, -0.25) is 4.79 Å². The fraction of sp³-hybridized carbons (Fsp3) is 0.342. The smallest absolute Gasteiger partial charge is 0.340 e. The molecular weight excluding hydrogens is 644 g/mol. The minimum absolute atomic E-state index is 0.0811. The van der Waals surface area contributed by atoms with E-state index < -0.39 is 41.1 Å². The van der Waals surface area contributed by atoms with E-state index in [1.54, 1.807) is 18.2 Å². The third-order valence-electron chi connectivity index (χ3n) is 9.26. The van der Waals surface area contributed by atoms with Gasteiger partial charge in [-0.25, -0.2) is 9.59 Å². The number of amides is 1. The highest BCUT2D eigenvalue weighted by Gasteiger charge is 2.54. The van der Waals surface area contributed by atoms with Crippen molar-refractivity contribution in [2.24, 2.45) is 5.92 Å². The van der Waals surface area contributed by atoms with E-state index in [0.29, 0.717) is 34.3 Å². The van der Waals surface area contributed by atoms with Crippen LogP contribution in [0.15, 0.2) is 66.7 Å². The van der Waals surface area contributed by atoms with Crippen LogP contribution < -0.4 is 14.9 Å². The van der Waals surface area contributed by atoms with Gasteiger partial charge in [0.1, 0.15) is 23.0 Å². The Balaban J connectivity index is 1.23. The Kier molecular flexibility index (Phi) is 9.89. The minimum atomic E-state index is -1.54. The lowest BCUT2D eigenvalue weighted by atomic mass is 9.77. The molecule has 5 N–H and O–H groups in total. The summed E-state index contributed by atoms with van der Waals surface area (Å²) >= 11 is 0. The molecule has 0 saturated carbocycles. The Morgan fingerprint density at radius 2 is 1.38 bits per heavy atom. The Hall–Kier alpha value is -5.65. The standard InChI is InChI=1S/C38H40N2O10/c1-2-3-4-5-6-7-8-9-10-24(36(46)50-40-33(43)17-18-34(40)44)22-39-35(45)23-11-14-27-30(19-23)38(49-37(27)47)28-15-12-25(41)20-31(28)48-32-21-26(42)13-16-29(32)38/h11-21,24,41-44H,2-10,22H2,1H3,(H,39,45). The van der Waals surface area contributed by atoms with Crippen LogP contribution in [-0.2, 0) is 15.1 Å².